The van der Waals surface area contributed by atoms with E-state index in [1.54, 1.807) is 0 Å². The van der Waals surface area contributed by atoms with Crippen LogP contribution in [0.2, 0.25) is 0 Å². The predicted molar refractivity (Wildman–Crippen MR) is 2.06 cm³/mol. The molecular weight excluding hydrogens is 280 g/mol. The zero-order chi connectivity index (χ0) is 0. The summed E-state index contributed by atoms with van der Waals surface area (Å²) < 4.78 is 0. The van der Waals surface area contributed by atoms with Gasteiger partial charge in [-0.25, -0.2) is 0 Å². The summed E-state index contributed by atoms with van der Waals surface area (Å²) in [4.78, 5) is 0. The predicted octanol–water partition coefficient (Wildman–Crippen LogP) is -0.364. The van der Waals surface area contributed by atoms with Crippen LogP contribution in [-0.4, -0.2) is 0 Å². The van der Waals surface area contributed by atoms with Crippen molar-refractivity contribution < 1.29 is 86.7 Å². The van der Waals surface area contributed by atoms with Crippen molar-refractivity contribution in [2.45, 2.75) is 0 Å². The van der Waals surface area contributed by atoms with Crippen molar-refractivity contribution in [1.29, 1.82) is 0 Å². The third-order valence-electron chi connectivity index (χ3n) is 0. The molecule has 0 spiro atoms. The minimum Gasteiger partial charge on any atom is -2.00 e. The number of rotatable bonds is 0. The third kappa shape index (κ3) is 34.4. The van der Waals surface area contributed by atoms with Crippen LogP contribution < -0.4 is 0 Å². The number of hydrogen-bond donors (Lipinski definition) is 0. The van der Waals surface area contributed by atoms with Crippen LogP contribution in [0.4, 0.5) is 0 Å². The molecular formula is NbO3TiZr+7. The third-order valence-corrected chi connectivity index (χ3v) is 0. The molecule has 0 aromatic rings. The van der Waals surface area contributed by atoms with Crippen LogP contribution in [-0.2, 0) is 86.7 Å². The second-order valence-corrected chi connectivity index (χ2v) is 0. The first-order valence-corrected chi connectivity index (χ1v) is 0. The average molecular weight is 280 g/mol. The van der Waals surface area contributed by atoms with E-state index >= 15 is 0 Å². The van der Waals surface area contributed by atoms with Gasteiger partial charge in [-0.2, -0.15) is 0 Å². The summed E-state index contributed by atoms with van der Waals surface area (Å²) in [5, 5.41) is 0. The average Bonchev–Trinajstić information content (AvgIpc) is 0. The van der Waals surface area contributed by atoms with E-state index in [-0.39, 0.29) is 86.7 Å². The molecule has 0 unspecified atom stereocenters. The van der Waals surface area contributed by atoms with Gasteiger partial charge in [-0.05, 0) is 0 Å². The van der Waals surface area contributed by atoms with Crippen molar-refractivity contribution in [1.82, 2.24) is 0 Å². The van der Waals surface area contributed by atoms with E-state index in [4.69, 9.17) is 0 Å². The molecule has 0 aliphatic heterocycles. The molecule has 0 radical (unpaired) electrons. The molecule has 0 aliphatic rings. The van der Waals surface area contributed by atoms with Crippen molar-refractivity contribution in [2.24, 2.45) is 0 Å². The van der Waals surface area contributed by atoms with E-state index < -0.39 is 0 Å². The van der Waals surface area contributed by atoms with Crippen LogP contribution in [0.3, 0.4) is 0 Å². The van der Waals surface area contributed by atoms with Gasteiger partial charge < -0.3 is 16.4 Å². The maximum atomic E-state index is 0. The van der Waals surface area contributed by atoms with Crippen LogP contribution in [0.25, 0.3) is 0 Å². The Morgan fingerprint density at radius 1 is 0.667 bits per heavy atom. The molecule has 0 fully saturated rings. The fraction of sp³-hybridized carbons (Fsp3) is 0. The molecule has 0 amide bonds. The van der Waals surface area contributed by atoms with Crippen molar-refractivity contribution in [3.63, 3.8) is 0 Å². The normalized spacial score (nSPS) is 0. The molecule has 0 saturated heterocycles. The van der Waals surface area contributed by atoms with Gasteiger partial charge in [0.25, 0.3) is 0 Å². The van der Waals surface area contributed by atoms with Gasteiger partial charge in [0.2, 0.25) is 0 Å². The van der Waals surface area contributed by atoms with Gasteiger partial charge in [0.1, 0.15) is 0 Å². The van der Waals surface area contributed by atoms with E-state index in [1.807, 2.05) is 0 Å². The molecule has 24 valence electrons. The Bertz CT molecular complexity index is 10.8. The molecule has 0 N–H and O–H groups in total. The van der Waals surface area contributed by atoms with Gasteiger partial charge in [-0.1, -0.05) is 0 Å². The van der Waals surface area contributed by atoms with Crippen LogP contribution >= 0.6 is 0 Å². The van der Waals surface area contributed by atoms with E-state index in [2.05, 4.69) is 0 Å². The summed E-state index contributed by atoms with van der Waals surface area (Å²) in [7, 11) is 0. The molecule has 0 aliphatic carbocycles. The van der Waals surface area contributed by atoms with E-state index in [0.29, 0.717) is 0 Å². The van der Waals surface area contributed by atoms with Gasteiger partial charge >= 0.3 is 70.3 Å². The van der Waals surface area contributed by atoms with Gasteiger partial charge in [0, 0.05) is 0 Å². The summed E-state index contributed by atoms with van der Waals surface area (Å²) in [6, 6.07) is 0. The largest absolute Gasteiger partial charge is 5.00 e. The maximum absolute atomic E-state index is 0. The van der Waals surface area contributed by atoms with Gasteiger partial charge in [-0.3, -0.25) is 0 Å². The minimum absolute atomic E-state index is 0. The topological polar surface area (TPSA) is 85.5 Å². The summed E-state index contributed by atoms with van der Waals surface area (Å²) in [6.07, 6.45) is 0. The SMILES string of the molecule is [Nb+5].[O-2].[O-2].[O-2].[Ti+4].[Zr+4]. The Kier molecular flexibility index (Phi) is 823. The van der Waals surface area contributed by atoms with Crippen LogP contribution in [0.15, 0.2) is 0 Å². The van der Waals surface area contributed by atoms with Crippen LogP contribution in [0, 0.1) is 0 Å². The van der Waals surface area contributed by atoms with Crippen molar-refractivity contribution in [3.05, 3.63) is 0 Å². The van der Waals surface area contributed by atoms with Crippen LogP contribution in [0.1, 0.15) is 0 Å². The molecule has 0 bridgehead atoms. The fourth-order valence-corrected chi connectivity index (χ4v) is 0. The van der Waals surface area contributed by atoms with Gasteiger partial charge in [-0.15, -0.1) is 0 Å². The maximum Gasteiger partial charge on any atom is 5.00 e. The Balaban J connectivity index is 0. The second kappa shape index (κ2) is 56.7. The molecule has 0 atom stereocenters. The van der Waals surface area contributed by atoms with Gasteiger partial charge in [0.15, 0.2) is 0 Å². The quantitative estimate of drug-likeness (QED) is 0.542. The monoisotopic (exact) mass is 279 g/mol. The summed E-state index contributed by atoms with van der Waals surface area (Å²) in [5.74, 6) is 0. The van der Waals surface area contributed by atoms with E-state index in [1.165, 1.54) is 0 Å². The first kappa shape index (κ1) is 87.0. The van der Waals surface area contributed by atoms with Crippen molar-refractivity contribution >= 4 is 0 Å². The molecule has 0 aromatic carbocycles. The zero-order valence-electron chi connectivity index (χ0n) is 2.67. The van der Waals surface area contributed by atoms with E-state index in [9.17, 15) is 0 Å². The Morgan fingerprint density at radius 2 is 0.667 bits per heavy atom. The number of hydrogen-bond acceptors (Lipinski definition) is 0. The van der Waals surface area contributed by atoms with Gasteiger partial charge in [0.05, 0.1) is 0 Å². The molecule has 6 heteroatoms. The van der Waals surface area contributed by atoms with Crippen molar-refractivity contribution in [3.8, 4) is 0 Å². The molecule has 0 aromatic heterocycles. The second-order valence-electron chi connectivity index (χ2n) is 0. The molecule has 6 heavy (non-hydrogen) atoms. The fourth-order valence-electron chi connectivity index (χ4n) is 0. The zero-order valence-corrected chi connectivity index (χ0v) is 8.89. The van der Waals surface area contributed by atoms with Crippen LogP contribution in [0.5, 0.6) is 0 Å². The molecule has 0 rings (SSSR count). The summed E-state index contributed by atoms with van der Waals surface area (Å²) in [6.45, 7) is 0. The molecule has 0 heterocycles. The first-order valence-electron chi connectivity index (χ1n) is 0. The Hall–Kier alpha value is 2.22. The Morgan fingerprint density at radius 3 is 0.667 bits per heavy atom. The summed E-state index contributed by atoms with van der Waals surface area (Å²) in [5.41, 5.74) is 0. The smallest absolute Gasteiger partial charge is 2.00 e. The van der Waals surface area contributed by atoms with E-state index in [0.717, 1.165) is 0 Å². The Labute approximate surface area is 85.7 Å². The van der Waals surface area contributed by atoms with Crippen molar-refractivity contribution in [2.75, 3.05) is 0 Å². The first-order chi connectivity index (χ1) is 0. The minimum atomic E-state index is 0. The molecule has 3 nitrogen and oxygen atoms in total. The molecule has 0 saturated carbocycles. The summed E-state index contributed by atoms with van der Waals surface area (Å²) >= 11 is 0. The standard InChI is InChI=1S/Nb.3O.Ti.Zr/q+5;3*-2;2*+4.